The zero-order valence-corrected chi connectivity index (χ0v) is 22.0. The molecule has 4 aromatic rings. The Bertz CT molecular complexity index is 1570. The summed E-state index contributed by atoms with van der Waals surface area (Å²) < 4.78 is 23.0. The highest BCUT2D eigenvalue weighted by molar-refractivity contribution is 5.91. The van der Waals surface area contributed by atoms with E-state index in [9.17, 15) is 10.1 Å². The summed E-state index contributed by atoms with van der Waals surface area (Å²) in [7, 11) is 0. The number of esters is 1. The van der Waals surface area contributed by atoms with Gasteiger partial charge >= 0.3 is 5.97 Å². The predicted molar refractivity (Wildman–Crippen MR) is 150 cm³/mol. The van der Waals surface area contributed by atoms with Gasteiger partial charge in [0.05, 0.1) is 18.1 Å². The maximum atomic E-state index is 12.8. The van der Waals surface area contributed by atoms with Gasteiger partial charge in [-0.1, -0.05) is 55.5 Å². The quantitative estimate of drug-likeness (QED) is 0.194. The Hall–Kier alpha value is -5.22. The molecule has 0 aliphatic carbocycles. The number of nitrogens with two attached hydrogens (primary N) is 1. The summed E-state index contributed by atoms with van der Waals surface area (Å²) in [6.07, 6.45) is 0.897. The van der Waals surface area contributed by atoms with E-state index in [2.05, 4.69) is 6.07 Å². The highest BCUT2D eigenvalue weighted by atomic mass is 16.5. The van der Waals surface area contributed by atoms with Crippen molar-refractivity contribution < 1.29 is 23.7 Å². The molecule has 1 atom stereocenters. The minimum Gasteiger partial charge on any atom is -0.494 e. The molecule has 0 bridgehead atoms. The van der Waals surface area contributed by atoms with Gasteiger partial charge in [-0.2, -0.15) is 5.26 Å². The Balaban J connectivity index is 1.37. The molecule has 4 aromatic carbocycles. The molecule has 0 radical (unpaired) electrons. The fraction of sp³-hybridized carbons (Fsp3) is 0.152. The molecule has 40 heavy (non-hydrogen) atoms. The van der Waals surface area contributed by atoms with Crippen molar-refractivity contribution >= 4 is 5.97 Å². The maximum Gasteiger partial charge on any atom is 0.343 e. The van der Waals surface area contributed by atoms with Gasteiger partial charge in [0, 0.05) is 11.6 Å². The summed E-state index contributed by atoms with van der Waals surface area (Å²) in [4.78, 5) is 12.8. The van der Waals surface area contributed by atoms with Gasteiger partial charge in [-0.05, 0) is 60.0 Å². The topological polar surface area (TPSA) is 104 Å². The summed E-state index contributed by atoms with van der Waals surface area (Å²) >= 11 is 0. The third kappa shape index (κ3) is 5.92. The number of carbonyl (C=O) groups is 1. The van der Waals surface area contributed by atoms with Crippen LogP contribution in [0.3, 0.4) is 0 Å². The van der Waals surface area contributed by atoms with E-state index in [1.165, 1.54) is 0 Å². The molecule has 200 valence electrons. The predicted octanol–water partition coefficient (Wildman–Crippen LogP) is 6.49. The van der Waals surface area contributed by atoms with E-state index in [0.717, 1.165) is 23.1 Å². The summed E-state index contributed by atoms with van der Waals surface area (Å²) in [5.74, 6) is 1.07. The van der Waals surface area contributed by atoms with Crippen molar-refractivity contribution in [3.8, 4) is 29.1 Å². The van der Waals surface area contributed by atoms with Crippen molar-refractivity contribution in [2.75, 3.05) is 6.61 Å². The smallest absolute Gasteiger partial charge is 0.343 e. The van der Waals surface area contributed by atoms with E-state index in [0.29, 0.717) is 47.3 Å². The lowest BCUT2D eigenvalue weighted by atomic mass is 9.83. The monoisotopic (exact) mass is 532 g/mol. The molecule has 0 fully saturated rings. The van der Waals surface area contributed by atoms with Crippen molar-refractivity contribution in [2.24, 2.45) is 5.73 Å². The fourth-order valence-corrected chi connectivity index (χ4v) is 4.44. The largest absolute Gasteiger partial charge is 0.494 e. The number of ether oxygens (including phenoxy) is 4. The van der Waals surface area contributed by atoms with Crippen LogP contribution in [-0.4, -0.2) is 12.6 Å². The van der Waals surface area contributed by atoms with Crippen LogP contribution in [0.25, 0.3) is 0 Å². The van der Waals surface area contributed by atoms with E-state index in [-0.39, 0.29) is 5.88 Å². The summed E-state index contributed by atoms with van der Waals surface area (Å²) in [5.41, 5.74) is 9.46. The van der Waals surface area contributed by atoms with Gasteiger partial charge in [0.2, 0.25) is 5.88 Å². The lowest BCUT2D eigenvalue weighted by molar-refractivity contribution is 0.0734. The molecule has 0 amide bonds. The number of carbonyl (C=O) groups excluding carboxylic acids is 1. The van der Waals surface area contributed by atoms with Crippen LogP contribution in [0.4, 0.5) is 0 Å². The summed E-state index contributed by atoms with van der Waals surface area (Å²) in [5, 5.41) is 9.93. The van der Waals surface area contributed by atoms with E-state index in [4.69, 9.17) is 24.7 Å². The minimum absolute atomic E-state index is 0.00162. The Labute approximate surface area is 233 Å². The third-order valence-corrected chi connectivity index (χ3v) is 6.40. The molecule has 1 aliphatic rings. The number of nitrogens with zero attached hydrogens (tertiary/aromatic N) is 1. The second-order valence-corrected chi connectivity index (χ2v) is 9.23. The van der Waals surface area contributed by atoms with Crippen molar-refractivity contribution in [3.63, 3.8) is 0 Å². The van der Waals surface area contributed by atoms with Crippen LogP contribution in [0, 0.1) is 11.3 Å². The number of benzene rings is 4. The first kappa shape index (κ1) is 26.4. The molecule has 0 aromatic heterocycles. The average molecular weight is 533 g/mol. The van der Waals surface area contributed by atoms with Gasteiger partial charge in [-0.15, -0.1) is 0 Å². The molecule has 1 aliphatic heterocycles. The average Bonchev–Trinajstić information content (AvgIpc) is 2.99. The van der Waals surface area contributed by atoms with Crippen molar-refractivity contribution in [3.05, 3.63) is 131 Å². The van der Waals surface area contributed by atoms with Gasteiger partial charge in [-0.3, -0.25) is 0 Å². The van der Waals surface area contributed by atoms with Gasteiger partial charge in [0.25, 0.3) is 0 Å². The normalized spacial score (nSPS) is 13.9. The zero-order chi connectivity index (χ0) is 27.9. The first-order chi connectivity index (χ1) is 19.6. The van der Waals surface area contributed by atoms with Crippen LogP contribution in [0.15, 0.2) is 109 Å². The Morgan fingerprint density at radius 1 is 0.900 bits per heavy atom. The molecule has 2 N–H and O–H groups in total. The molecule has 5 rings (SSSR count). The highest BCUT2D eigenvalue weighted by Gasteiger charge is 2.31. The molecular weight excluding hydrogens is 504 g/mol. The van der Waals surface area contributed by atoms with Crippen LogP contribution in [0.1, 0.15) is 46.3 Å². The van der Waals surface area contributed by atoms with Gasteiger partial charge in [0.15, 0.2) is 0 Å². The highest BCUT2D eigenvalue weighted by Crippen LogP contribution is 2.44. The van der Waals surface area contributed by atoms with Crippen molar-refractivity contribution in [1.29, 1.82) is 5.26 Å². The molecule has 7 heteroatoms. The minimum atomic E-state index is -0.515. The van der Waals surface area contributed by atoms with E-state index in [1.54, 1.807) is 42.5 Å². The van der Waals surface area contributed by atoms with Crippen molar-refractivity contribution in [2.45, 2.75) is 25.9 Å². The zero-order valence-electron chi connectivity index (χ0n) is 22.0. The Kier molecular flexibility index (Phi) is 7.98. The van der Waals surface area contributed by atoms with Crippen LogP contribution < -0.4 is 24.7 Å². The van der Waals surface area contributed by atoms with E-state index in [1.807, 2.05) is 61.5 Å². The van der Waals surface area contributed by atoms with Gasteiger partial charge in [-0.25, -0.2) is 4.79 Å². The Morgan fingerprint density at radius 2 is 1.68 bits per heavy atom. The van der Waals surface area contributed by atoms with E-state index < -0.39 is 11.9 Å². The lowest BCUT2D eigenvalue weighted by Gasteiger charge is -2.27. The second-order valence-electron chi connectivity index (χ2n) is 9.23. The van der Waals surface area contributed by atoms with Crippen LogP contribution in [0.2, 0.25) is 0 Å². The number of allylic oxidation sites excluding steroid dienone is 1. The fourth-order valence-electron chi connectivity index (χ4n) is 4.44. The molecule has 7 nitrogen and oxygen atoms in total. The molecule has 0 saturated heterocycles. The summed E-state index contributed by atoms with van der Waals surface area (Å²) in [6, 6.07) is 31.5. The molecule has 1 unspecified atom stereocenters. The summed E-state index contributed by atoms with van der Waals surface area (Å²) in [6.45, 7) is 3.05. The van der Waals surface area contributed by atoms with Gasteiger partial charge in [0.1, 0.15) is 41.2 Å². The number of rotatable bonds is 9. The number of hydrogen-bond donors (Lipinski definition) is 1. The second kappa shape index (κ2) is 12.1. The van der Waals surface area contributed by atoms with Crippen LogP contribution in [0.5, 0.6) is 23.0 Å². The molecular formula is C33H28N2O5. The maximum absolute atomic E-state index is 12.8. The molecule has 1 heterocycles. The number of fused-ring (bicyclic) bond motifs is 1. The van der Waals surface area contributed by atoms with Crippen molar-refractivity contribution in [1.82, 2.24) is 0 Å². The SMILES string of the molecule is CCCOc1ccc(C(=O)Oc2ccc3c(c2)OC(N)=C(C#N)C3c2cccc(OCc3ccccc3)c2)cc1. The first-order valence-corrected chi connectivity index (χ1v) is 13.0. The van der Waals surface area contributed by atoms with Gasteiger partial charge < -0.3 is 24.7 Å². The van der Waals surface area contributed by atoms with Crippen LogP contribution >= 0.6 is 0 Å². The molecule has 0 saturated carbocycles. The molecule has 0 spiro atoms. The first-order valence-electron chi connectivity index (χ1n) is 13.0. The third-order valence-electron chi connectivity index (χ3n) is 6.40. The standard InChI is InChI=1S/C33H28N2O5/c1-2-17-37-25-13-11-23(12-14-25)33(36)39-27-15-16-28-30(19-27)40-32(35)29(20-34)31(28)24-9-6-10-26(18-24)38-21-22-7-4-3-5-8-22/h3-16,18-19,31H,2,17,21,35H2,1H3. The Morgan fingerprint density at radius 3 is 2.42 bits per heavy atom. The lowest BCUT2D eigenvalue weighted by Crippen LogP contribution is -2.21. The number of nitriles is 1. The number of hydrogen-bond acceptors (Lipinski definition) is 7. The van der Waals surface area contributed by atoms with E-state index >= 15 is 0 Å². The van der Waals surface area contributed by atoms with Crippen LogP contribution in [-0.2, 0) is 6.61 Å².